The van der Waals surface area contributed by atoms with Crippen molar-refractivity contribution in [3.05, 3.63) is 35.5 Å². The minimum absolute atomic E-state index is 0.100. The van der Waals surface area contributed by atoms with Crippen LogP contribution in [0.25, 0.3) is 0 Å². The molecule has 5 atom stereocenters. The Morgan fingerprint density at radius 3 is 2.70 bits per heavy atom. The summed E-state index contributed by atoms with van der Waals surface area (Å²) < 4.78 is 5.18. The van der Waals surface area contributed by atoms with Crippen molar-refractivity contribution in [3.63, 3.8) is 0 Å². The van der Waals surface area contributed by atoms with Crippen LogP contribution in [0.5, 0.6) is 0 Å². The minimum Gasteiger partial charge on any atom is -0.463 e. The fourth-order valence-corrected chi connectivity index (χ4v) is 6.98. The molecule has 3 saturated carbocycles. The Hall–Kier alpha value is -1.64. The molecule has 3 heteroatoms. The summed E-state index contributed by atoms with van der Waals surface area (Å²) in [6.07, 6.45) is 10.8. The van der Waals surface area contributed by atoms with Gasteiger partial charge in [-0.1, -0.05) is 31.6 Å². The van der Waals surface area contributed by atoms with E-state index in [1.807, 2.05) is 13.0 Å². The first-order chi connectivity index (χ1) is 12.8. The third-order valence-corrected chi connectivity index (χ3v) is 8.36. The van der Waals surface area contributed by atoms with E-state index in [0.29, 0.717) is 30.8 Å². The van der Waals surface area contributed by atoms with Crippen molar-refractivity contribution in [2.24, 2.45) is 28.6 Å². The van der Waals surface area contributed by atoms with Crippen molar-refractivity contribution < 1.29 is 14.3 Å². The van der Waals surface area contributed by atoms with Gasteiger partial charge in [0.1, 0.15) is 0 Å². The molecular weight excluding hydrogens is 336 g/mol. The van der Waals surface area contributed by atoms with Gasteiger partial charge in [-0.05, 0) is 85.7 Å². The summed E-state index contributed by atoms with van der Waals surface area (Å²) in [7, 11) is 0. The Balaban J connectivity index is 1.66. The number of fused-ring (bicyclic) bond motifs is 5. The van der Waals surface area contributed by atoms with Crippen LogP contribution in [0, 0.1) is 28.6 Å². The van der Waals surface area contributed by atoms with Gasteiger partial charge in [-0.15, -0.1) is 0 Å². The molecule has 0 aromatic rings. The number of esters is 1. The van der Waals surface area contributed by atoms with Gasteiger partial charge in [0.2, 0.25) is 0 Å². The van der Waals surface area contributed by atoms with E-state index >= 15 is 0 Å². The van der Waals surface area contributed by atoms with Crippen molar-refractivity contribution >= 4 is 11.8 Å². The van der Waals surface area contributed by atoms with E-state index in [9.17, 15) is 9.59 Å². The average molecular weight is 369 g/mol. The van der Waals surface area contributed by atoms with Gasteiger partial charge in [0.25, 0.3) is 0 Å². The van der Waals surface area contributed by atoms with Crippen LogP contribution < -0.4 is 0 Å². The highest BCUT2D eigenvalue weighted by Gasteiger charge is 2.58. The van der Waals surface area contributed by atoms with Crippen molar-refractivity contribution in [3.8, 4) is 0 Å². The fourth-order valence-electron chi connectivity index (χ4n) is 6.98. The van der Waals surface area contributed by atoms with Gasteiger partial charge in [0, 0.05) is 12.5 Å². The number of allylic oxidation sites excluding steroid dienone is 3. The third kappa shape index (κ3) is 2.77. The zero-order chi connectivity index (χ0) is 19.4. The molecule has 0 spiro atoms. The fraction of sp³-hybridized carbons (Fsp3) is 0.667. The highest BCUT2D eigenvalue weighted by Crippen LogP contribution is 2.67. The van der Waals surface area contributed by atoms with Crippen LogP contribution in [0.1, 0.15) is 65.7 Å². The van der Waals surface area contributed by atoms with Gasteiger partial charge in [-0.2, -0.15) is 0 Å². The monoisotopic (exact) mass is 368 g/mol. The number of carbonyl (C=O) groups excluding carboxylic acids is 2. The molecule has 0 saturated heterocycles. The summed E-state index contributed by atoms with van der Waals surface area (Å²) in [4.78, 5) is 24.1. The molecular formula is C24H32O3. The number of carbonyl (C=O) groups is 2. The average Bonchev–Trinajstić information content (AvgIpc) is 2.94. The standard InChI is InChI=1S/C24H32O3/c1-5-27-22(26)13-16-6-7-19-18-12-15(2)21-14-17(25)8-10-24(21,4)20(18)9-11-23(16,19)3/h13-14,18-20H,2,5-12H2,1,3-4H3/t18-,19-,20-,23+,24+/m0/s1. The maximum atomic E-state index is 12.1. The van der Waals surface area contributed by atoms with Crippen LogP contribution in [0.2, 0.25) is 0 Å². The minimum atomic E-state index is -0.187. The molecule has 0 bridgehead atoms. The number of ketones is 1. The molecule has 4 aliphatic carbocycles. The molecule has 4 rings (SSSR count). The Bertz CT molecular complexity index is 758. The first-order valence-corrected chi connectivity index (χ1v) is 10.6. The van der Waals surface area contributed by atoms with Gasteiger partial charge >= 0.3 is 5.97 Å². The molecule has 0 aliphatic heterocycles. The molecule has 0 aromatic heterocycles. The van der Waals surface area contributed by atoms with E-state index in [2.05, 4.69) is 20.4 Å². The molecule has 0 radical (unpaired) electrons. The number of hydrogen-bond donors (Lipinski definition) is 0. The Kier molecular flexibility index (Phi) is 4.48. The zero-order valence-corrected chi connectivity index (χ0v) is 17.0. The lowest BCUT2D eigenvalue weighted by molar-refractivity contribution is -0.137. The van der Waals surface area contributed by atoms with Crippen LogP contribution in [0.4, 0.5) is 0 Å². The van der Waals surface area contributed by atoms with E-state index < -0.39 is 0 Å². The summed E-state index contributed by atoms with van der Waals surface area (Å²) in [6, 6.07) is 0. The molecule has 4 aliphatic rings. The zero-order valence-electron chi connectivity index (χ0n) is 17.0. The lowest BCUT2D eigenvalue weighted by Gasteiger charge is -2.58. The molecule has 3 nitrogen and oxygen atoms in total. The number of rotatable bonds is 2. The maximum absolute atomic E-state index is 12.1. The first-order valence-electron chi connectivity index (χ1n) is 10.6. The predicted molar refractivity (Wildman–Crippen MR) is 106 cm³/mol. The summed E-state index contributed by atoms with van der Waals surface area (Å²) >= 11 is 0. The van der Waals surface area contributed by atoms with Crippen molar-refractivity contribution in [2.45, 2.75) is 65.7 Å². The quantitative estimate of drug-likeness (QED) is 0.498. The molecule has 0 aromatic carbocycles. The summed E-state index contributed by atoms with van der Waals surface area (Å²) in [5.74, 6) is 1.92. The van der Waals surface area contributed by atoms with Gasteiger partial charge in [-0.3, -0.25) is 4.79 Å². The normalized spacial score (nSPS) is 42.3. The summed E-state index contributed by atoms with van der Waals surface area (Å²) in [5.41, 5.74) is 3.92. The molecule has 0 unspecified atom stereocenters. The highest BCUT2D eigenvalue weighted by molar-refractivity contribution is 5.92. The van der Waals surface area contributed by atoms with E-state index in [4.69, 9.17) is 4.74 Å². The lowest BCUT2D eigenvalue weighted by atomic mass is 9.46. The van der Waals surface area contributed by atoms with Gasteiger partial charge in [0.05, 0.1) is 6.61 Å². The SMILES string of the molecule is C=C1C[C@@H]2[C@H](CC[C@]3(C)C(=CC(=O)OCC)CC[C@@H]23)[C@@]2(C)CCC(=O)C=C12. The topological polar surface area (TPSA) is 43.4 Å². The van der Waals surface area contributed by atoms with E-state index in [1.165, 1.54) is 23.1 Å². The molecule has 146 valence electrons. The smallest absolute Gasteiger partial charge is 0.330 e. The van der Waals surface area contributed by atoms with Crippen molar-refractivity contribution in [1.82, 2.24) is 0 Å². The molecule has 0 N–H and O–H groups in total. The Labute approximate surface area is 162 Å². The second-order valence-electron chi connectivity index (χ2n) is 9.54. The predicted octanol–water partition coefficient (Wildman–Crippen LogP) is 5.17. The Morgan fingerprint density at radius 2 is 1.96 bits per heavy atom. The first kappa shape index (κ1) is 18.7. The summed E-state index contributed by atoms with van der Waals surface area (Å²) in [5, 5.41) is 0. The lowest BCUT2D eigenvalue weighted by Crippen LogP contribution is -2.50. The van der Waals surface area contributed by atoms with Crippen LogP contribution in [-0.2, 0) is 14.3 Å². The maximum Gasteiger partial charge on any atom is 0.330 e. The second-order valence-corrected chi connectivity index (χ2v) is 9.54. The molecule has 27 heavy (non-hydrogen) atoms. The van der Waals surface area contributed by atoms with Gasteiger partial charge in [-0.25, -0.2) is 4.79 Å². The third-order valence-electron chi connectivity index (χ3n) is 8.36. The van der Waals surface area contributed by atoms with Crippen molar-refractivity contribution in [2.75, 3.05) is 6.61 Å². The highest BCUT2D eigenvalue weighted by atomic mass is 16.5. The van der Waals surface area contributed by atoms with E-state index in [-0.39, 0.29) is 22.6 Å². The summed E-state index contributed by atoms with van der Waals surface area (Å²) in [6.45, 7) is 11.4. The largest absolute Gasteiger partial charge is 0.463 e. The molecule has 0 amide bonds. The van der Waals surface area contributed by atoms with Crippen LogP contribution in [0.15, 0.2) is 35.5 Å². The molecule has 0 heterocycles. The van der Waals surface area contributed by atoms with Crippen LogP contribution in [-0.4, -0.2) is 18.4 Å². The molecule has 3 fully saturated rings. The van der Waals surface area contributed by atoms with E-state index in [1.54, 1.807) is 6.08 Å². The van der Waals surface area contributed by atoms with Crippen LogP contribution in [0.3, 0.4) is 0 Å². The van der Waals surface area contributed by atoms with Crippen molar-refractivity contribution in [1.29, 1.82) is 0 Å². The van der Waals surface area contributed by atoms with Gasteiger partial charge in [0.15, 0.2) is 5.78 Å². The van der Waals surface area contributed by atoms with E-state index in [0.717, 1.165) is 32.1 Å². The second kappa shape index (κ2) is 6.46. The number of ether oxygens (including phenoxy) is 1. The Morgan fingerprint density at radius 1 is 1.22 bits per heavy atom. The number of hydrogen-bond acceptors (Lipinski definition) is 3. The van der Waals surface area contributed by atoms with Crippen LogP contribution >= 0.6 is 0 Å². The van der Waals surface area contributed by atoms with Gasteiger partial charge < -0.3 is 4.74 Å².